The summed E-state index contributed by atoms with van der Waals surface area (Å²) >= 11 is 3.33. The molecule has 1 unspecified atom stereocenters. The summed E-state index contributed by atoms with van der Waals surface area (Å²) in [6.45, 7) is 1.75. The van der Waals surface area contributed by atoms with Gasteiger partial charge in [-0.1, -0.05) is 28.1 Å². The van der Waals surface area contributed by atoms with Crippen LogP contribution in [0.3, 0.4) is 0 Å². The molecule has 0 spiro atoms. The summed E-state index contributed by atoms with van der Waals surface area (Å²) in [7, 11) is 0. The van der Waals surface area contributed by atoms with Crippen LogP contribution >= 0.6 is 28.3 Å². The Bertz CT molecular complexity index is 261. The Morgan fingerprint density at radius 1 is 1.38 bits per heavy atom. The maximum Gasteiger partial charge on any atom is 0.0650 e. The molecule has 1 aromatic rings. The van der Waals surface area contributed by atoms with Gasteiger partial charge in [0.05, 0.1) is 12.1 Å². The fourth-order valence-electron chi connectivity index (χ4n) is 0.922. The molecule has 0 amide bonds. The van der Waals surface area contributed by atoms with Crippen molar-refractivity contribution in [3.05, 3.63) is 34.3 Å². The highest BCUT2D eigenvalue weighted by Gasteiger charge is 2.18. The van der Waals surface area contributed by atoms with Crippen LogP contribution < -0.4 is 5.73 Å². The van der Waals surface area contributed by atoms with Gasteiger partial charge in [-0.15, -0.1) is 12.4 Å². The number of nitrogens with two attached hydrogens (primary N) is 1. The van der Waals surface area contributed by atoms with E-state index in [1.807, 2.05) is 24.3 Å². The average Bonchev–Trinajstić information content (AvgIpc) is 2.05. The lowest BCUT2D eigenvalue weighted by Crippen LogP contribution is -2.36. The molecule has 0 aliphatic rings. The van der Waals surface area contributed by atoms with E-state index in [0.29, 0.717) is 0 Å². The molecule has 1 rings (SSSR count). The van der Waals surface area contributed by atoms with Crippen LogP contribution in [0.2, 0.25) is 0 Å². The van der Waals surface area contributed by atoms with Crippen molar-refractivity contribution < 1.29 is 5.11 Å². The van der Waals surface area contributed by atoms with E-state index in [9.17, 15) is 0 Å². The summed E-state index contributed by atoms with van der Waals surface area (Å²) in [6.07, 6.45) is 0. The van der Waals surface area contributed by atoms with Crippen LogP contribution in [0.5, 0.6) is 0 Å². The van der Waals surface area contributed by atoms with E-state index in [4.69, 9.17) is 10.8 Å². The molecule has 0 heterocycles. The minimum absolute atomic E-state index is 0. The largest absolute Gasteiger partial charge is 0.394 e. The van der Waals surface area contributed by atoms with Gasteiger partial charge in [-0.05, 0) is 24.6 Å². The van der Waals surface area contributed by atoms with E-state index >= 15 is 0 Å². The molecule has 0 saturated carbocycles. The molecule has 0 aliphatic heterocycles. The quantitative estimate of drug-likeness (QED) is 0.860. The molecule has 3 N–H and O–H groups in total. The Labute approximate surface area is 92.7 Å². The molecule has 13 heavy (non-hydrogen) atoms. The van der Waals surface area contributed by atoms with Crippen LogP contribution in [-0.2, 0) is 5.54 Å². The van der Waals surface area contributed by atoms with E-state index in [1.165, 1.54) is 0 Å². The first-order valence-corrected chi connectivity index (χ1v) is 4.51. The normalized spacial score (nSPS) is 14.5. The number of rotatable bonds is 2. The summed E-state index contributed by atoms with van der Waals surface area (Å²) < 4.78 is 1.01. The third kappa shape index (κ3) is 3.27. The highest BCUT2D eigenvalue weighted by atomic mass is 79.9. The van der Waals surface area contributed by atoms with Gasteiger partial charge < -0.3 is 10.8 Å². The molecule has 0 aliphatic carbocycles. The molecule has 2 nitrogen and oxygen atoms in total. The van der Waals surface area contributed by atoms with E-state index in [-0.39, 0.29) is 19.0 Å². The number of hydrogen-bond acceptors (Lipinski definition) is 2. The Kier molecular flexibility index (Phi) is 4.92. The second-order valence-electron chi connectivity index (χ2n) is 3.08. The fraction of sp³-hybridized carbons (Fsp3) is 0.333. The van der Waals surface area contributed by atoms with Gasteiger partial charge in [0.25, 0.3) is 0 Å². The number of hydrogen-bond donors (Lipinski definition) is 2. The lowest BCUT2D eigenvalue weighted by Gasteiger charge is -2.21. The zero-order chi connectivity index (χ0) is 9.19. The first-order valence-electron chi connectivity index (χ1n) is 3.72. The summed E-state index contributed by atoms with van der Waals surface area (Å²) in [5.41, 5.74) is 6.12. The third-order valence-electron chi connectivity index (χ3n) is 1.83. The van der Waals surface area contributed by atoms with Crippen molar-refractivity contribution in [1.29, 1.82) is 0 Å². The SMILES string of the molecule is CC(N)(CO)c1ccc(Br)cc1.Cl. The number of aliphatic hydroxyl groups is 1. The van der Waals surface area contributed by atoms with E-state index < -0.39 is 5.54 Å². The van der Waals surface area contributed by atoms with Crippen LogP contribution in [0.15, 0.2) is 28.7 Å². The van der Waals surface area contributed by atoms with Gasteiger partial charge in [-0.2, -0.15) is 0 Å². The molecule has 74 valence electrons. The molecular formula is C9H13BrClNO. The van der Waals surface area contributed by atoms with Crippen molar-refractivity contribution in [3.8, 4) is 0 Å². The predicted molar refractivity (Wildman–Crippen MR) is 60.0 cm³/mol. The summed E-state index contributed by atoms with van der Waals surface area (Å²) in [5, 5.41) is 8.98. The second-order valence-corrected chi connectivity index (χ2v) is 4.00. The van der Waals surface area contributed by atoms with Gasteiger partial charge in [0.2, 0.25) is 0 Å². The van der Waals surface area contributed by atoms with Crippen molar-refractivity contribution in [2.45, 2.75) is 12.5 Å². The van der Waals surface area contributed by atoms with E-state index in [2.05, 4.69) is 15.9 Å². The molecule has 4 heteroatoms. The lowest BCUT2D eigenvalue weighted by molar-refractivity contribution is 0.210. The topological polar surface area (TPSA) is 46.2 Å². The van der Waals surface area contributed by atoms with Gasteiger partial charge in [0, 0.05) is 4.47 Å². The maximum atomic E-state index is 8.98. The maximum absolute atomic E-state index is 8.98. The van der Waals surface area contributed by atoms with Gasteiger partial charge in [0.1, 0.15) is 0 Å². The van der Waals surface area contributed by atoms with Gasteiger partial charge in [-0.25, -0.2) is 0 Å². The van der Waals surface area contributed by atoms with E-state index in [0.717, 1.165) is 10.0 Å². The van der Waals surface area contributed by atoms with Gasteiger partial charge in [0.15, 0.2) is 0 Å². The van der Waals surface area contributed by atoms with Crippen LogP contribution in [0, 0.1) is 0 Å². The molecule has 1 aromatic carbocycles. The van der Waals surface area contributed by atoms with Gasteiger partial charge >= 0.3 is 0 Å². The molecule has 0 saturated heterocycles. The van der Waals surface area contributed by atoms with Crippen LogP contribution in [0.25, 0.3) is 0 Å². The molecule has 0 fully saturated rings. The zero-order valence-corrected chi connectivity index (χ0v) is 9.73. The molecule has 0 aromatic heterocycles. The molecule has 0 radical (unpaired) electrons. The minimum Gasteiger partial charge on any atom is -0.394 e. The average molecular weight is 267 g/mol. The summed E-state index contributed by atoms with van der Waals surface area (Å²) in [4.78, 5) is 0. The Hall–Kier alpha value is -0.0900. The highest BCUT2D eigenvalue weighted by Crippen LogP contribution is 2.19. The summed E-state index contributed by atoms with van der Waals surface area (Å²) in [6, 6.07) is 7.63. The first-order chi connectivity index (χ1) is 5.56. The van der Waals surface area contributed by atoms with Crippen molar-refractivity contribution in [1.82, 2.24) is 0 Å². The minimum atomic E-state index is -0.638. The first kappa shape index (κ1) is 12.9. The Balaban J connectivity index is 0.00000144. The van der Waals surface area contributed by atoms with Crippen molar-refractivity contribution in [3.63, 3.8) is 0 Å². The summed E-state index contributed by atoms with van der Waals surface area (Å²) in [5.74, 6) is 0. The molecule has 1 atom stereocenters. The van der Waals surface area contributed by atoms with Gasteiger partial charge in [-0.3, -0.25) is 0 Å². The third-order valence-corrected chi connectivity index (χ3v) is 2.36. The molecular weight excluding hydrogens is 253 g/mol. The number of halogens is 2. The highest BCUT2D eigenvalue weighted by molar-refractivity contribution is 9.10. The monoisotopic (exact) mass is 265 g/mol. The fourth-order valence-corrected chi connectivity index (χ4v) is 1.19. The number of benzene rings is 1. The van der Waals surface area contributed by atoms with Crippen LogP contribution in [-0.4, -0.2) is 11.7 Å². The smallest absolute Gasteiger partial charge is 0.0650 e. The standard InChI is InChI=1S/C9H12BrNO.ClH/c1-9(11,6-12)7-2-4-8(10)5-3-7;/h2-5,12H,6,11H2,1H3;1H. The predicted octanol–water partition coefficient (Wildman–Crippen LogP) is 2.04. The Morgan fingerprint density at radius 2 is 1.85 bits per heavy atom. The second kappa shape index (κ2) is 4.96. The van der Waals surface area contributed by atoms with Crippen LogP contribution in [0.4, 0.5) is 0 Å². The van der Waals surface area contributed by atoms with Crippen molar-refractivity contribution in [2.75, 3.05) is 6.61 Å². The van der Waals surface area contributed by atoms with E-state index in [1.54, 1.807) is 6.92 Å². The van der Waals surface area contributed by atoms with Crippen LogP contribution in [0.1, 0.15) is 12.5 Å². The Morgan fingerprint density at radius 3 is 2.23 bits per heavy atom. The van der Waals surface area contributed by atoms with Crippen molar-refractivity contribution >= 4 is 28.3 Å². The number of aliphatic hydroxyl groups excluding tert-OH is 1. The lowest BCUT2D eigenvalue weighted by atomic mass is 9.95. The molecule has 0 bridgehead atoms. The van der Waals surface area contributed by atoms with Crippen molar-refractivity contribution in [2.24, 2.45) is 5.73 Å². The zero-order valence-electron chi connectivity index (χ0n) is 7.33.